The van der Waals surface area contributed by atoms with Gasteiger partial charge in [0, 0.05) is 6.54 Å². The van der Waals surface area contributed by atoms with Gasteiger partial charge in [-0.15, -0.1) is 0 Å². The average Bonchev–Trinajstić information content (AvgIpc) is 1.99. The SMILES string of the molecule is Cc1cccc(CN(C)C[B-](F)(F)F)c1.[K+]. The fourth-order valence-electron chi connectivity index (χ4n) is 1.54. The molecule has 0 aromatic heterocycles. The first-order valence-corrected chi connectivity index (χ1v) is 4.82. The van der Waals surface area contributed by atoms with Crippen LogP contribution in [0.3, 0.4) is 0 Å². The van der Waals surface area contributed by atoms with Crippen LogP contribution in [-0.4, -0.2) is 25.4 Å². The molecule has 1 aromatic carbocycles. The third-order valence-electron chi connectivity index (χ3n) is 2.05. The van der Waals surface area contributed by atoms with Crippen LogP contribution in [0.15, 0.2) is 24.3 Å². The third kappa shape index (κ3) is 7.09. The second-order valence-corrected chi connectivity index (χ2v) is 3.90. The fourth-order valence-corrected chi connectivity index (χ4v) is 1.54. The van der Waals surface area contributed by atoms with E-state index < -0.39 is 13.4 Å². The summed E-state index contributed by atoms with van der Waals surface area (Å²) in [4.78, 5) is 1.29. The van der Waals surface area contributed by atoms with Gasteiger partial charge in [0.2, 0.25) is 0 Å². The summed E-state index contributed by atoms with van der Waals surface area (Å²) < 4.78 is 36.3. The van der Waals surface area contributed by atoms with Crippen molar-refractivity contribution in [3.8, 4) is 0 Å². The van der Waals surface area contributed by atoms with E-state index in [1.165, 1.54) is 11.9 Å². The van der Waals surface area contributed by atoms with Gasteiger partial charge in [0.1, 0.15) is 0 Å². The number of benzene rings is 1. The molecule has 1 aromatic rings. The van der Waals surface area contributed by atoms with Gasteiger partial charge in [-0.05, 0) is 26.0 Å². The molecule has 1 nitrogen and oxygen atoms in total. The van der Waals surface area contributed by atoms with E-state index in [0.29, 0.717) is 6.54 Å². The molecule has 0 aliphatic rings. The zero-order chi connectivity index (χ0) is 11.5. The molecule has 0 saturated heterocycles. The molecule has 0 fully saturated rings. The molecule has 0 spiro atoms. The smallest absolute Gasteiger partial charge is 0.448 e. The van der Waals surface area contributed by atoms with Gasteiger partial charge in [-0.25, -0.2) is 0 Å². The molecule has 84 valence electrons. The maximum Gasteiger partial charge on any atom is 1.00 e. The quantitative estimate of drug-likeness (QED) is 0.674. The fraction of sp³-hybridized carbons (Fsp3) is 0.400. The molecule has 0 radical (unpaired) electrons. The number of halogens is 3. The van der Waals surface area contributed by atoms with Crippen molar-refractivity contribution < 1.29 is 64.3 Å². The van der Waals surface area contributed by atoms with E-state index in [1.54, 1.807) is 0 Å². The van der Waals surface area contributed by atoms with Crippen molar-refractivity contribution in [2.24, 2.45) is 0 Å². The Balaban J connectivity index is 0.00000225. The Morgan fingerprint density at radius 2 is 1.88 bits per heavy atom. The molecule has 0 heterocycles. The Labute approximate surface area is 137 Å². The van der Waals surface area contributed by atoms with Gasteiger partial charge in [-0.3, -0.25) is 0 Å². The van der Waals surface area contributed by atoms with Crippen LogP contribution in [0.25, 0.3) is 0 Å². The zero-order valence-corrected chi connectivity index (χ0v) is 13.0. The monoisotopic (exact) mass is 255 g/mol. The second kappa shape index (κ2) is 7.18. The van der Waals surface area contributed by atoms with E-state index in [2.05, 4.69) is 0 Å². The average molecular weight is 255 g/mol. The zero-order valence-electron chi connectivity index (χ0n) is 9.88. The van der Waals surface area contributed by atoms with Gasteiger partial charge >= 0.3 is 58.4 Å². The molecule has 0 atom stereocenters. The summed E-state index contributed by atoms with van der Waals surface area (Å²) in [5.74, 6) is 0. The van der Waals surface area contributed by atoms with Crippen LogP contribution in [0.1, 0.15) is 11.1 Å². The van der Waals surface area contributed by atoms with Crippen molar-refractivity contribution in [2.45, 2.75) is 13.5 Å². The Bertz CT molecular complexity index is 330. The minimum atomic E-state index is -4.73. The van der Waals surface area contributed by atoms with Crippen molar-refractivity contribution in [1.82, 2.24) is 4.90 Å². The van der Waals surface area contributed by atoms with Crippen molar-refractivity contribution in [2.75, 3.05) is 13.5 Å². The normalized spacial score (nSPS) is 11.4. The molecule has 16 heavy (non-hydrogen) atoms. The van der Waals surface area contributed by atoms with Crippen molar-refractivity contribution in [1.29, 1.82) is 0 Å². The molecule has 0 bridgehead atoms. The van der Waals surface area contributed by atoms with Crippen molar-refractivity contribution >= 4 is 6.98 Å². The Hall–Kier alpha value is 0.671. The van der Waals surface area contributed by atoms with E-state index in [9.17, 15) is 12.9 Å². The van der Waals surface area contributed by atoms with E-state index in [1.807, 2.05) is 31.2 Å². The van der Waals surface area contributed by atoms with Crippen LogP contribution in [0, 0.1) is 6.92 Å². The van der Waals surface area contributed by atoms with E-state index >= 15 is 0 Å². The molecule has 0 saturated carbocycles. The van der Waals surface area contributed by atoms with Crippen LogP contribution in [0.2, 0.25) is 0 Å². The number of hydrogen-bond donors (Lipinski definition) is 0. The summed E-state index contributed by atoms with van der Waals surface area (Å²) in [5.41, 5.74) is 1.98. The first-order valence-electron chi connectivity index (χ1n) is 4.82. The van der Waals surface area contributed by atoms with Gasteiger partial charge in [0.05, 0.1) is 0 Å². The molecule has 0 aliphatic carbocycles. The van der Waals surface area contributed by atoms with Crippen LogP contribution < -0.4 is 51.4 Å². The van der Waals surface area contributed by atoms with Crippen LogP contribution in [0.5, 0.6) is 0 Å². The predicted octanol–water partition coefficient (Wildman–Crippen LogP) is -0.183. The number of aryl methyl sites for hydroxylation is 1. The van der Waals surface area contributed by atoms with Gasteiger partial charge in [-0.1, -0.05) is 29.8 Å². The maximum absolute atomic E-state index is 12.1. The first kappa shape index (κ1) is 16.7. The van der Waals surface area contributed by atoms with Gasteiger partial charge in [0.25, 0.3) is 0 Å². The van der Waals surface area contributed by atoms with Crippen LogP contribution in [-0.2, 0) is 6.54 Å². The number of rotatable bonds is 4. The van der Waals surface area contributed by atoms with E-state index in [0.717, 1.165) is 11.1 Å². The Kier molecular flexibility index (Phi) is 7.48. The minimum absolute atomic E-state index is 0. The summed E-state index contributed by atoms with van der Waals surface area (Å²) >= 11 is 0. The number of hydrogen-bond acceptors (Lipinski definition) is 1. The van der Waals surface area contributed by atoms with Gasteiger partial charge in [-0.2, -0.15) is 0 Å². The summed E-state index contributed by atoms with van der Waals surface area (Å²) in [6.45, 7) is -2.46. The molecule has 0 aliphatic heterocycles. The summed E-state index contributed by atoms with van der Waals surface area (Å²) in [7, 11) is 1.48. The van der Waals surface area contributed by atoms with Crippen LogP contribution in [0.4, 0.5) is 12.9 Å². The summed E-state index contributed by atoms with van der Waals surface area (Å²) in [5, 5.41) is 0. The molecular formula is C10H14BF3KN. The van der Waals surface area contributed by atoms with Gasteiger partial charge in [0.15, 0.2) is 0 Å². The number of nitrogens with zero attached hydrogens (tertiary/aromatic N) is 1. The Morgan fingerprint density at radius 3 is 2.38 bits per heavy atom. The molecule has 0 unspecified atom stereocenters. The van der Waals surface area contributed by atoms with E-state index in [-0.39, 0.29) is 51.4 Å². The second-order valence-electron chi connectivity index (χ2n) is 3.90. The van der Waals surface area contributed by atoms with Gasteiger partial charge < -0.3 is 17.8 Å². The Morgan fingerprint density at radius 1 is 1.25 bits per heavy atom. The minimum Gasteiger partial charge on any atom is -0.448 e. The standard InChI is InChI=1S/C10H14BF3N.K/c1-9-4-3-5-10(6-9)7-15(2)8-11(12,13)14;/h3-6H,7-8H2,1-2H3;/q-1;+1. The molecular weight excluding hydrogens is 241 g/mol. The van der Waals surface area contributed by atoms with Crippen LogP contribution >= 0.6 is 0 Å². The molecule has 1 rings (SSSR count). The topological polar surface area (TPSA) is 3.24 Å². The maximum atomic E-state index is 12.1. The molecule has 6 heteroatoms. The molecule has 0 amide bonds. The third-order valence-corrected chi connectivity index (χ3v) is 2.05. The first-order chi connectivity index (χ1) is 6.87. The summed E-state index contributed by atoms with van der Waals surface area (Å²) in [6, 6.07) is 7.53. The largest absolute Gasteiger partial charge is 1.00 e. The summed E-state index contributed by atoms with van der Waals surface area (Å²) in [6.07, 6.45) is -0.812. The molecule has 0 N–H and O–H groups in total. The van der Waals surface area contributed by atoms with Crippen molar-refractivity contribution in [3.05, 3.63) is 35.4 Å². The van der Waals surface area contributed by atoms with E-state index in [4.69, 9.17) is 0 Å². The van der Waals surface area contributed by atoms with Crippen molar-refractivity contribution in [3.63, 3.8) is 0 Å². The predicted molar refractivity (Wildman–Crippen MR) is 56.6 cm³/mol.